The molecule has 22 heavy (non-hydrogen) atoms. The van der Waals surface area contributed by atoms with Crippen LogP contribution in [0.3, 0.4) is 0 Å². The molecule has 0 atom stereocenters. The maximum atomic E-state index is 10.0. The van der Waals surface area contributed by atoms with Crippen molar-refractivity contribution in [3.63, 3.8) is 0 Å². The van der Waals surface area contributed by atoms with Crippen LogP contribution in [0.25, 0.3) is 0 Å². The molecule has 3 N–H and O–H groups in total. The smallest absolute Gasteiger partial charge is 0.194 e. The summed E-state index contributed by atoms with van der Waals surface area (Å²) < 4.78 is 5.77. The second-order valence-corrected chi connectivity index (χ2v) is 7.01. The van der Waals surface area contributed by atoms with Crippen LogP contribution in [0, 0.1) is 11.3 Å². The summed E-state index contributed by atoms with van der Waals surface area (Å²) in [6, 6.07) is 1.89. The number of nitriles is 1. The molecule has 1 aliphatic rings. The van der Waals surface area contributed by atoms with Gasteiger partial charge >= 0.3 is 0 Å². The summed E-state index contributed by atoms with van der Waals surface area (Å²) >= 11 is 0. The number of hydrogen-bond acceptors (Lipinski definition) is 6. The van der Waals surface area contributed by atoms with Crippen LogP contribution in [-0.4, -0.2) is 39.3 Å². The predicted molar refractivity (Wildman–Crippen MR) is 85.0 cm³/mol. The SMILES string of the molecule is CC(C)(O)CN=C1C=C(NC(=CC#N)C(C)(C)O)OC1(C)C. The van der Waals surface area contributed by atoms with E-state index in [4.69, 9.17) is 10.00 Å². The van der Waals surface area contributed by atoms with Crippen LogP contribution in [-0.2, 0) is 4.74 Å². The van der Waals surface area contributed by atoms with E-state index in [0.29, 0.717) is 17.3 Å². The molecule has 0 unspecified atom stereocenters. The lowest BCUT2D eigenvalue weighted by molar-refractivity contribution is 0.0782. The Labute approximate surface area is 131 Å². The molecular weight excluding hydrogens is 282 g/mol. The monoisotopic (exact) mass is 307 g/mol. The van der Waals surface area contributed by atoms with E-state index in [1.165, 1.54) is 6.08 Å². The molecule has 122 valence electrons. The molecule has 0 bridgehead atoms. The summed E-state index contributed by atoms with van der Waals surface area (Å²) in [6.45, 7) is 10.5. The van der Waals surface area contributed by atoms with Crippen molar-refractivity contribution in [2.75, 3.05) is 6.54 Å². The Morgan fingerprint density at radius 3 is 2.45 bits per heavy atom. The maximum Gasteiger partial charge on any atom is 0.194 e. The first-order valence-corrected chi connectivity index (χ1v) is 7.13. The van der Waals surface area contributed by atoms with E-state index in [1.807, 2.05) is 19.9 Å². The van der Waals surface area contributed by atoms with Crippen molar-refractivity contribution in [1.29, 1.82) is 5.26 Å². The molecule has 0 saturated heterocycles. The van der Waals surface area contributed by atoms with Gasteiger partial charge in [0.15, 0.2) is 5.88 Å². The lowest BCUT2D eigenvalue weighted by Gasteiger charge is -2.25. The highest BCUT2D eigenvalue weighted by atomic mass is 16.5. The first kappa shape index (κ1) is 18.2. The van der Waals surface area contributed by atoms with Crippen molar-refractivity contribution in [1.82, 2.24) is 5.32 Å². The third kappa shape index (κ3) is 5.17. The molecule has 0 amide bonds. The van der Waals surface area contributed by atoms with Crippen molar-refractivity contribution in [2.45, 2.75) is 58.3 Å². The molecule has 0 aromatic rings. The molecular formula is C16H25N3O3. The van der Waals surface area contributed by atoms with Gasteiger partial charge in [-0.1, -0.05) is 0 Å². The lowest BCUT2D eigenvalue weighted by Crippen LogP contribution is -2.34. The summed E-state index contributed by atoms with van der Waals surface area (Å²) in [5.74, 6) is 0.406. The van der Waals surface area contributed by atoms with Gasteiger partial charge in [0.05, 0.1) is 35.2 Å². The minimum atomic E-state index is -1.20. The van der Waals surface area contributed by atoms with Crippen molar-refractivity contribution < 1.29 is 14.9 Å². The topological polar surface area (TPSA) is 97.9 Å². The highest BCUT2D eigenvalue weighted by Crippen LogP contribution is 2.26. The summed E-state index contributed by atoms with van der Waals surface area (Å²) in [5.41, 5.74) is -1.72. The maximum absolute atomic E-state index is 10.0. The van der Waals surface area contributed by atoms with Gasteiger partial charge in [0.25, 0.3) is 0 Å². The second-order valence-electron chi connectivity index (χ2n) is 7.01. The zero-order valence-electron chi connectivity index (χ0n) is 14.1. The minimum absolute atomic E-state index is 0.255. The van der Waals surface area contributed by atoms with Gasteiger partial charge in [-0.2, -0.15) is 5.26 Å². The average molecular weight is 307 g/mol. The summed E-state index contributed by atoms with van der Waals surface area (Å²) in [7, 11) is 0. The lowest BCUT2D eigenvalue weighted by atomic mass is 10.0. The molecule has 1 aliphatic heterocycles. The molecule has 0 saturated carbocycles. The van der Waals surface area contributed by atoms with Gasteiger partial charge in [0, 0.05) is 12.2 Å². The van der Waals surface area contributed by atoms with Crippen LogP contribution >= 0.6 is 0 Å². The fourth-order valence-corrected chi connectivity index (χ4v) is 1.79. The van der Waals surface area contributed by atoms with Gasteiger partial charge in [-0.25, -0.2) is 0 Å². The number of nitrogens with one attached hydrogen (secondary N) is 1. The van der Waals surface area contributed by atoms with Crippen molar-refractivity contribution in [2.24, 2.45) is 4.99 Å². The Morgan fingerprint density at radius 1 is 1.41 bits per heavy atom. The average Bonchev–Trinajstić information content (AvgIpc) is 2.58. The van der Waals surface area contributed by atoms with Crippen molar-refractivity contribution in [3.8, 4) is 6.07 Å². The summed E-state index contributed by atoms with van der Waals surface area (Å²) in [5, 5.41) is 31.6. The van der Waals surface area contributed by atoms with Crippen molar-refractivity contribution in [3.05, 3.63) is 23.7 Å². The van der Waals surface area contributed by atoms with Crippen LogP contribution in [0.4, 0.5) is 0 Å². The van der Waals surface area contributed by atoms with E-state index in [1.54, 1.807) is 33.8 Å². The normalized spacial score (nSPS) is 20.4. The van der Waals surface area contributed by atoms with Gasteiger partial charge in [0.2, 0.25) is 0 Å². The van der Waals surface area contributed by atoms with Crippen LogP contribution in [0.15, 0.2) is 28.7 Å². The highest BCUT2D eigenvalue weighted by Gasteiger charge is 2.35. The van der Waals surface area contributed by atoms with Crippen LogP contribution < -0.4 is 5.32 Å². The van der Waals surface area contributed by atoms with Gasteiger partial charge in [-0.05, 0) is 41.5 Å². The van der Waals surface area contributed by atoms with Crippen LogP contribution in [0.2, 0.25) is 0 Å². The van der Waals surface area contributed by atoms with E-state index in [-0.39, 0.29) is 6.54 Å². The fraction of sp³-hybridized carbons (Fsp3) is 0.625. The summed E-state index contributed by atoms with van der Waals surface area (Å²) in [4.78, 5) is 4.39. The molecule has 6 heteroatoms. The first-order chi connectivity index (χ1) is 9.85. The minimum Gasteiger partial charge on any atom is -0.466 e. The van der Waals surface area contributed by atoms with Gasteiger partial charge in [-0.15, -0.1) is 0 Å². The number of rotatable bonds is 5. The Bertz CT molecular complexity index is 553. The highest BCUT2D eigenvalue weighted by molar-refractivity contribution is 6.03. The first-order valence-electron chi connectivity index (χ1n) is 7.13. The van der Waals surface area contributed by atoms with Crippen LogP contribution in [0.5, 0.6) is 0 Å². The molecule has 0 aliphatic carbocycles. The Morgan fingerprint density at radius 2 is 2.00 bits per heavy atom. The molecule has 6 nitrogen and oxygen atoms in total. The van der Waals surface area contributed by atoms with Crippen molar-refractivity contribution >= 4 is 5.71 Å². The molecule has 1 heterocycles. The Balaban J connectivity index is 2.99. The molecule has 0 aromatic heterocycles. The summed E-state index contributed by atoms with van der Waals surface area (Å²) in [6.07, 6.45) is 2.95. The number of aliphatic imine (C=N–C) groups is 1. The Hall–Kier alpha value is -1.84. The third-order valence-electron chi connectivity index (χ3n) is 3.01. The quantitative estimate of drug-likeness (QED) is 0.670. The number of hydrogen-bond donors (Lipinski definition) is 3. The number of ether oxygens (including phenoxy) is 1. The van der Waals surface area contributed by atoms with E-state index < -0.39 is 16.8 Å². The number of nitrogens with zero attached hydrogens (tertiary/aromatic N) is 2. The molecule has 0 aromatic carbocycles. The van der Waals surface area contributed by atoms with E-state index >= 15 is 0 Å². The van der Waals surface area contributed by atoms with E-state index in [0.717, 1.165) is 0 Å². The Kier molecular flexibility index (Phi) is 5.06. The molecule has 0 fully saturated rings. The zero-order chi connectivity index (χ0) is 17.2. The van der Waals surface area contributed by atoms with Gasteiger partial charge in [0.1, 0.15) is 5.60 Å². The molecule has 0 spiro atoms. The molecule has 0 radical (unpaired) electrons. The van der Waals surface area contributed by atoms with E-state index in [9.17, 15) is 10.2 Å². The number of aliphatic hydroxyl groups is 2. The molecule has 1 rings (SSSR count). The predicted octanol–water partition coefficient (Wildman–Crippen LogP) is 1.62. The fourth-order valence-electron chi connectivity index (χ4n) is 1.79. The largest absolute Gasteiger partial charge is 0.466 e. The van der Waals surface area contributed by atoms with Crippen LogP contribution in [0.1, 0.15) is 41.5 Å². The zero-order valence-corrected chi connectivity index (χ0v) is 14.1. The standard InChI is InChI=1S/C16H25N3O3/c1-14(2,20)10-18-12-9-13(22-16(12,5)6)19-11(7-8-17)15(3,4)21/h7,9,19-21H,10H2,1-6H3. The van der Waals surface area contributed by atoms with E-state index in [2.05, 4.69) is 10.3 Å². The van der Waals surface area contributed by atoms with Gasteiger partial charge in [-0.3, -0.25) is 4.99 Å². The third-order valence-corrected chi connectivity index (χ3v) is 3.01. The second kappa shape index (κ2) is 6.11. The van der Waals surface area contributed by atoms with Gasteiger partial charge < -0.3 is 20.3 Å². The number of allylic oxidation sites excluding steroid dienone is 1.